The monoisotopic (exact) mass is 465 g/mol. The molecule has 1 amide bonds. The van der Waals surface area contributed by atoms with Gasteiger partial charge in [0.25, 0.3) is 0 Å². The summed E-state index contributed by atoms with van der Waals surface area (Å²) in [6, 6.07) is 9.64. The Balaban J connectivity index is 1.53. The van der Waals surface area contributed by atoms with Crippen LogP contribution in [0.25, 0.3) is 0 Å². The molecule has 8 heteroatoms. The van der Waals surface area contributed by atoms with Gasteiger partial charge in [0, 0.05) is 43.6 Å². The molecule has 1 aliphatic rings. The minimum atomic E-state index is -0.0142. The van der Waals surface area contributed by atoms with Crippen LogP contribution in [0.15, 0.2) is 47.2 Å². The molecule has 34 heavy (non-hydrogen) atoms. The molecule has 1 atom stereocenters. The number of ether oxygens (including phenoxy) is 3. The summed E-state index contributed by atoms with van der Waals surface area (Å²) in [5, 5.41) is 3.99. The third-order valence-corrected chi connectivity index (χ3v) is 6.06. The molecule has 0 saturated carbocycles. The van der Waals surface area contributed by atoms with E-state index >= 15 is 0 Å². The molecule has 8 nitrogen and oxygen atoms in total. The highest BCUT2D eigenvalue weighted by Crippen LogP contribution is 2.30. The van der Waals surface area contributed by atoms with Crippen molar-refractivity contribution in [3.63, 3.8) is 0 Å². The van der Waals surface area contributed by atoms with E-state index in [1.807, 2.05) is 49.1 Å². The standard InChI is InChI=1S/C26H31N3O5/c1-18-23(19(2)34-28-18)12-26(30)29(15-21-5-4-9-27-13-21)14-20-6-7-24(31-3)25(11-20)33-17-22-8-10-32-16-22/h4-7,9,11,13,22H,8,10,12,14-17H2,1-3H3. The van der Waals surface area contributed by atoms with E-state index in [4.69, 9.17) is 18.7 Å². The molecular weight excluding hydrogens is 434 g/mol. The van der Waals surface area contributed by atoms with Gasteiger partial charge in [-0.05, 0) is 49.6 Å². The molecule has 0 bridgehead atoms. The number of carbonyl (C=O) groups is 1. The second kappa shape index (κ2) is 11.2. The SMILES string of the molecule is COc1ccc(CN(Cc2cccnc2)C(=O)Cc2c(C)noc2C)cc1OCC1CCOC1. The number of amides is 1. The van der Waals surface area contributed by atoms with Gasteiger partial charge in [0.15, 0.2) is 11.5 Å². The first kappa shape index (κ1) is 23.8. The van der Waals surface area contributed by atoms with E-state index in [1.165, 1.54) is 0 Å². The number of aromatic nitrogens is 2. The second-order valence-electron chi connectivity index (χ2n) is 8.62. The quantitative estimate of drug-likeness (QED) is 0.449. The van der Waals surface area contributed by atoms with E-state index in [0.29, 0.717) is 42.9 Å². The normalized spacial score (nSPS) is 15.3. The van der Waals surface area contributed by atoms with Crippen LogP contribution in [0.4, 0.5) is 0 Å². The molecule has 0 aliphatic carbocycles. The fraction of sp³-hybridized carbons (Fsp3) is 0.423. The zero-order valence-electron chi connectivity index (χ0n) is 20.0. The smallest absolute Gasteiger partial charge is 0.227 e. The summed E-state index contributed by atoms with van der Waals surface area (Å²) in [4.78, 5) is 19.4. The molecule has 1 unspecified atom stereocenters. The van der Waals surface area contributed by atoms with Crippen molar-refractivity contribution in [2.24, 2.45) is 5.92 Å². The predicted octanol–water partition coefficient (Wildman–Crippen LogP) is 3.88. The van der Waals surface area contributed by atoms with Gasteiger partial charge >= 0.3 is 0 Å². The fourth-order valence-corrected chi connectivity index (χ4v) is 4.04. The molecule has 180 valence electrons. The van der Waals surface area contributed by atoms with Gasteiger partial charge in [0.2, 0.25) is 5.91 Å². The Hall–Kier alpha value is -3.39. The molecule has 2 aromatic heterocycles. The molecule has 4 rings (SSSR count). The van der Waals surface area contributed by atoms with Gasteiger partial charge in [0.1, 0.15) is 5.76 Å². The van der Waals surface area contributed by atoms with E-state index in [1.54, 1.807) is 19.5 Å². The molecule has 1 aliphatic heterocycles. The summed E-state index contributed by atoms with van der Waals surface area (Å²) >= 11 is 0. The molecular formula is C26H31N3O5. The average Bonchev–Trinajstić information content (AvgIpc) is 3.48. The third-order valence-electron chi connectivity index (χ3n) is 6.06. The molecule has 3 heterocycles. The molecule has 3 aromatic rings. The van der Waals surface area contributed by atoms with E-state index in [9.17, 15) is 4.79 Å². The topological polar surface area (TPSA) is 86.9 Å². The lowest BCUT2D eigenvalue weighted by Crippen LogP contribution is -2.31. The Kier molecular flexibility index (Phi) is 7.80. The highest BCUT2D eigenvalue weighted by molar-refractivity contribution is 5.79. The van der Waals surface area contributed by atoms with Crippen LogP contribution in [-0.2, 0) is 29.0 Å². The van der Waals surface area contributed by atoms with Crippen molar-refractivity contribution in [3.8, 4) is 11.5 Å². The van der Waals surface area contributed by atoms with Gasteiger partial charge in [-0.3, -0.25) is 9.78 Å². The van der Waals surface area contributed by atoms with Crippen molar-refractivity contribution in [3.05, 3.63) is 70.9 Å². The zero-order valence-corrected chi connectivity index (χ0v) is 20.0. The van der Waals surface area contributed by atoms with Crippen LogP contribution >= 0.6 is 0 Å². The highest BCUT2D eigenvalue weighted by Gasteiger charge is 2.21. The molecule has 1 saturated heterocycles. The van der Waals surface area contributed by atoms with Crippen molar-refractivity contribution in [1.29, 1.82) is 0 Å². The molecule has 0 radical (unpaired) electrons. The number of rotatable bonds is 10. The van der Waals surface area contributed by atoms with Gasteiger partial charge in [-0.25, -0.2) is 0 Å². The maximum Gasteiger partial charge on any atom is 0.227 e. The van der Waals surface area contributed by atoms with Crippen molar-refractivity contribution in [2.75, 3.05) is 26.9 Å². The predicted molar refractivity (Wildman–Crippen MR) is 126 cm³/mol. The van der Waals surface area contributed by atoms with E-state index in [0.717, 1.165) is 42.0 Å². The zero-order chi connectivity index (χ0) is 23.9. The van der Waals surface area contributed by atoms with Crippen LogP contribution in [-0.4, -0.2) is 47.9 Å². The van der Waals surface area contributed by atoms with Crippen LogP contribution < -0.4 is 9.47 Å². The summed E-state index contributed by atoms with van der Waals surface area (Å²) in [7, 11) is 1.63. The largest absolute Gasteiger partial charge is 0.493 e. The first-order valence-corrected chi connectivity index (χ1v) is 11.5. The second-order valence-corrected chi connectivity index (χ2v) is 8.62. The summed E-state index contributed by atoms with van der Waals surface area (Å²) in [5.74, 6) is 2.38. The maximum atomic E-state index is 13.4. The average molecular weight is 466 g/mol. The van der Waals surface area contributed by atoms with Gasteiger partial charge < -0.3 is 23.6 Å². The summed E-state index contributed by atoms with van der Waals surface area (Å²) in [6.45, 7) is 6.62. The van der Waals surface area contributed by atoms with Crippen LogP contribution in [0.2, 0.25) is 0 Å². The number of pyridine rings is 1. The Labute approximate surface area is 199 Å². The van der Waals surface area contributed by atoms with Crippen LogP contribution in [0.5, 0.6) is 11.5 Å². The molecule has 0 spiro atoms. The Morgan fingerprint density at radius 2 is 2.03 bits per heavy atom. The number of aryl methyl sites for hydroxylation is 2. The minimum Gasteiger partial charge on any atom is -0.493 e. The fourth-order valence-electron chi connectivity index (χ4n) is 4.04. The first-order valence-electron chi connectivity index (χ1n) is 11.5. The Morgan fingerprint density at radius 3 is 2.71 bits per heavy atom. The molecule has 1 fully saturated rings. The first-order chi connectivity index (χ1) is 16.5. The van der Waals surface area contributed by atoms with Crippen molar-refractivity contribution >= 4 is 5.91 Å². The number of hydrogen-bond acceptors (Lipinski definition) is 7. The van der Waals surface area contributed by atoms with Crippen molar-refractivity contribution in [2.45, 2.75) is 39.8 Å². The number of benzene rings is 1. The van der Waals surface area contributed by atoms with Crippen LogP contribution in [0.3, 0.4) is 0 Å². The van der Waals surface area contributed by atoms with Crippen LogP contribution in [0.1, 0.15) is 34.6 Å². The molecule has 0 N–H and O–H groups in total. The summed E-state index contributed by atoms with van der Waals surface area (Å²) < 4.78 is 22.3. The molecule has 1 aromatic carbocycles. The number of methoxy groups -OCH3 is 1. The lowest BCUT2D eigenvalue weighted by Gasteiger charge is -2.24. The lowest BCUT2D eigenvalue weighted by atomic mass is 10.1. The van der Waals surface area contributed by atoms with Crippen LogP contribution in [0, 0.1) is 19.8 Å². The third kappa shape index (κ3) is 5.94. The van der Waals surface area contributed by atoms with Crippen molar-refractivity contribution < 1.29 is 23.5 Å². The summed E-state index contributed by atoms with van der Waals surface area (Å²) in [6.07, 6.45) is 4.73. The number of nitrogens with zero attached hydrogens (tertiary/aromatic N) is 3. The lowest BCUT2D eigenvalue weighted by molar-refractivity contribution is -0.131. The van der Waals surface area contributed by atoms with E-state index in [-0.39, 0.29) is 12.3 Å². The van der Waals surface area contributed by atoms with Gasteiger partial charge in [0.05, 0.1) is 32.4 Å². The Morgan fingerprint density at radius 1 is 1.18 bits per heavy atom. The maximum absolute atomic E-state index is 13.4. The minimum absolute atomic E-state index is 0.0142. The number of carbonyl (C=O) groups excluding carboxylic acids is 1. The summed E-state index contributed by atoms with van der Waals surface area (Å²) in [5.41, 5.74) is 3.48. The van der Waals surface area contributed by atoms with E-state index in [2.05, 4.69) is 10.1 Å². The van der Waals surface area contributed by atoms with Gasteiger partial charge in [-0.1, -0.05) is 17.3 Å². The van der Waals surface area contributed by atoms with Crippen molar-refractivity contribution in [1.82, 2.24) is 15.0 Å². The Bertz CT molecular complexity index is 1070. The van der Waals surface area contributed by atoms with Gasteiger partial charge in [-0.15, -0.1) is 0 Å². The highest BCUT2D eigenvalue weighted by atomic mass is 16.5. The number of hydrogen-bond donors (Lipinski definition) is 0. The van der Waals surface area contributed by atoms with E-state index < -0.39 is 0 Å². The van der Waals surface area contributed by atoms with Gasteiger partial charge in [-0.2, -0.15) is 0 Å².